The summed E-state index contributed by atoms with van der Waals surface area (Å²) in [5, 5.41) is 5.66. The first-order chi connectivity index (χ1) is 10.7. The zero-order chi connectivity index (χ0) is 15.4. The summed E-state index contributed by atoms with van der Waals surface area (Å²) in [4.78, 5) is 16.5. The van der Waals surface area contributed by atoms with Crippen LogP contribution >= 0.6 is 11.3 Å². The zero-order valence-corrected chi connectivity index (χ0v) is 13.4. The monoisotopic (exact) mass is 315 g/mol. The Kier molecular flexibility index (Phi) is 4.55. The van der Waals surface area contributed by atoms with Gasteiger partial charge in [0, 0.05) is 23.9 Å². The minimum atomic E-state index is -0.0989. The van der Waals surface area contributed by atoms with Crippen molar-refractivity contribution < 1.29 is 4.79 Å². The maximum absolute atomic E-state index is 12.3. The van der Waals surface area contributed by atoms with E-state index in [0.29, 0.717) is 18.8 Å². The van der Waals surface area contributed by atoms with Crippen molar-refractivity contribution in [3.05, 3.63) is 52.0 Å². The van der Waals surface area contributed by atoms with Crippen LogP contribution in [0.15, 0.2) is 35.7 Å². The minimum Gasteiger partial charge on any atom is -0.350 e. The van der Waals surface area contributed by atoms with Crippen molar-refractivity contribution in [3.63, 3.8) is 0 Å². The Morgan fingerprint density at radius 1 is 1.27 bits per heavy atom. The standard InChI is InChI=1S/C17H21N3OS/c18-10-15-20-14(11-22-15)16(21)19-12-17(8-4-5-9-17)13-6-2-1-3-7-13/h1-3,6-7,11H,4-5,8-10,12,18H2,(H,19,21). The van der Waals surface area contributed by atoms with Crippen LogP contribution in [0.1, 0.15) is 46.7 Å². The average Bonchev–Trinajstić information content (AvgIpc) is 3.23. The van der Waals surface area contributed by atoms with Crippen molar-refractivity contribution in [2.75, 3.05) is 6.54 Å². The molecule has 22 heavy (non-hydrogen) atoms. The Labute approximate surface area is 134 Å². The first-order valence-corrected chi connectivity index (χ1v) is 8.60. The molecule has 1 saturated carbocycles. The van der Waals surface area contributed by atoms with Crippen molar-refractivity contribution in [2.45, 2.75) is 37.6 Å². The van der Waals surface area contributed by atoms with Crippen molar-refractivity contribution >= 4 is 17.2 Å². The molecule has 1 aromatic heterocycles. The van der Waals surface area contributed by atoms with Crippen molar-refractivity contribution in [1.82, 2.24) is 10.3 Å². The second-order valence-electron chi connectivity index (χ2n) is 5.87. The fourth-order valence-electron chi connectivity index (χ4n) is 3.26. The molecule has 4 nitrogen and oxygen atoms in total. The first kappa shape index (κ1) is 15.2. The van der Waals surface area contributed by atoms with Gasteiger partial charge in [-0.3, -0.25) is 4.79 Å². The average molecular weight is 315 g/mol. The smallest absolute Gasteiger partial charge is 0.270 e. The molecule has 1 aromatic carbocycles. The van der Waals surface area contributed by atoms with Gasteiger partial charge in [0.05, 0.1) is 0 Å². The predicted octanol–water partition coefficient (Wildman–Crippen LogP) is 2.84. The topological polar surface area (TPSA) is 68.0 Å². The molecule has 1 aliphatic rings. The number of nitrogens with one attached hydrogen (secondary N) is 1. The van der Waals surface area contributed by atoms with Gasteiger partial charge in [-0.15, -0.1) is 11.3 Å². The third-order valence-electron chi connectivity index (χ3n) is 4.49. The number of nitrogens with zero attached hydrogens (tertiary/aromatic N) is 1. The molecule has 0 spiro atoms. The second kappa shape index (κ2) is 6.58. The normalized spacial score (nSPS) is 16.6. The van der Waals surface area contributed by atoms with E-state index in [0.717, 1.165) is 17.8 Å². The highest BCUT2D eigenvalue weighted by Crippen LogP contribution is 2.40. The van der Waals surface area contributed by atoms with Crippen LogP contribution < -0.4 is 11.1 Å². The van der Waals surface area contributed by atoms with Gasteiger partial charge in [0.1, 0.15) is 10.7 Å². The van der Waals surface area contributed by atoms with Crippen molar-refractivity contribution in [1.29, 1.82) is 0 Å². The lowest BCUT2D eigenvalue weighted by molar-refractivity contribution is 0.0938. The number of aromatic nitrogens is 1. The van der Waals surface area contributed by atoms with Gasteiger partial charge in [0.15, 0.2) is 0 Å². The molecule has 2 aromatic rings. The lowest BCUT2D eigenvalue weighted by Gasteiger charge is -2.29. The Bertz CT molecular complexity index is 632. The Hall–Kier alpha value is -1.72. The SMILES string of the molecule is NCc1nc(C(=O)NCC2(c3ccccc3)CCCC2)cs1. The Morgan fingerprint density at radius 3 is 2.64 bits per heavy atom. The summed E-state index contributed by atoms with van der Waals surface area (Å²) in [7, 11) is 0. The molecule has 1 fully saturated rings. The van der Waals surface area contributed by atoms with E-state index in [-0.39, 0.29) is 11.3 Å². The fraction of sp³-hybridized carbons (Fsp3) is 0.412. The number of hydrogen-bond donors (Lipinski definition) is 2. The molecule has 0 radical (unpaired) electrons. The van der Waals surface area contributed by atoms with Crippen LogP contribution in [-0.2, 0) is 12.0 Å². The second-order valence-corrected chi connectivity index (χ2v) is 6.81. The largest absolute Gasteiger partial charge is 0.350 e. The molecule has 0 bridgehead atoms. The molecular formula is C17H21N3OS. The first-order valence-electron chi connectivity index (χ1n) is 7.72. The van der Waals surface area contributed by atoms with E-state index in [4.69, 9.17) is 5.73 Å². The number of thiazole rings is 1. The van der Waals surface area contributed by atoms with Crippen LogP contribution in [-0.4, -0.2) is 17.4 Å². The van der Waals surface area contributed by atoms with Crippen LogP contribution in [0.5, 0.6) is 0 Å². The summed E-state index contributed by atoms with van der Waals surface area (Å²) in [5.74, 6) is -0.0989. The molecule has 1 amide bonds. The number of nitrogens with two attached hydrogens (primary N) is 1. The highest BCUT2D eigenvalue weighted by molar-refractivity contribution is 7.09. The summed E-state index contributed by atoms with van der Waals surface area (Å²) in [6.45, 7) is 1.05. The number of hydrogen-bond acceptors (Lipinski definition) is 4. The molecule has 1 heterocycles. The number of benzene rings is 1. The summed E-state index contributed by atoms with van der Waals surface area (Å²) in [6.07, 6.45) is 4.70. The lowest BCUT2D eigenvalue weighted by Crippen LogP contribution is -2.39. The molecule has 3 N–H and O–H groups in total. The minimum absolute atomic E-state index is 0.0731. The van der Waals surface area contributed by atoms with Crippen LogP contribution in [0.4, 0.5) is 0 Å². The van der Waals surface area contributed by atoms with Crippen molar-refractivity contribution in [2.24, 2.45) is 5.73 Å². The number of rotatable bonds is 5. The summed E-state index contributed by atoms with van der Waals surface area (Å²) in [6, 6.07) is 10.5. The maximum Gasteiger partial charge on any atom is 0.270 e. The van der Waals surface area contributed by atoms with Crippen LogP contribution in [0.2, 0.25) is 0 Å². The predicted molar refractivity (Wildman–Crippen MR) is 88.9 cm³/mol. The quantitative estimate of drug-likeness (QED) is 0.891. The van der Waals surface area contributed by atoms with Crippen molar-refractivity contribution in [3.8, 4) is 0 Å². The highest BCUT2D eigenvalue weighted by atomic mass is 32.1. The third-order valence-corrected chi connectivity index (χ3v) is 5.36. The molecule has 0 atom stereocenters. The lowest BCUT2D eigenvalue weighted by atomic mass is 9.79. The van der Waals surface area contributed by atoms with E-state index < -0.39 is 0 Å². The Balaban J connectivity index is 1.71. The zero-order valence-electron chi connectivity index (χ0n) is 12.5. The highest BCUT2D eigenvalue weighted by Gasteiger charge is 2.35. The van der Waals surface area contributed by atoms with E-state index >= 15 is 0 Å². The molecular weight excluding hydrogens is 294 g/mol. The Morgan fingerprint density at radius 2 is 2.00 bits per heavy atom. The van der Waals surface area contributed by atoms with Gasteiger partial charge in [-0.2, -0.15) is 0 Å². The van der Waals surface area contributed by atoms with E-state index in [1.165, 1.54) is 29.7 Å². The molecule has 5 heteroatoms. The molecule has 116 valence electrons. The van der Waals surface area contributed by atoms with Gasteiger partial charge in [0.25, 0.3) is 5.91 Å². The maximum atomic E-state index is 12.3. The van der Waals surface area contributed by atoms with Gasteiger partial charge in [0.2, 0.25) is 0 Å². The molecule has 1 aliphatic carbocycles. The van der Waals surface area contributed by atoms with Gasteiger partial charge >= 0.3 is 0 Å². The van der Waals surface area contributed by atoms with Gasteiger partial charge in [-0.05, 0) is 18.4 Å². The van der Waals surface area contributed by atoms with E-state index in [1.807, 2.05) is 6.07 Å². The third kappa shape index (κ3) is 3.05. The van der Waals surface area contributed by atoms with Gasteiger partial charge in [-0.25, -0.2) is 4.98 Å². The molecule has 3 rings (SSSR count). The van der Waals surface area contributed by atoms with Gasteiger partial charge in [-0.1, -0.05) is 43.2 Å². The number of carbonyl (C=O) groups is 1. The summed E-state index contributed by atoms with van der Waals surface area (Å²) in [5.41, 5.74) is 7.43. The summed E-state index contributed by atoms with van der Waals surface area (Å²) >= 11 is 1.43. The fourth-order valence-corrected chi connectivity index (χ4v) is 3.91. The van der Waals surface area contributed by atoms with E-state index in [9.17, 15) is 4.79 Å². The van der Waals surface area contributed by atoms with Gasteiger partial charge < -0.3 is 11.1 Å². The van der Waals surface area contributed by atoms with E-state index in [2.05, 4.69) is 34.6 Å². The molecule has 0 saturated heterocycles. The molecule has 0 aliphatic heterocycles. The van der Waals surface area contributed by atoms with E-state index in [1.54, 1.807) is 5.38 Å². The number of carbonyl (C=O) groups excluding carboxylic acids is 1. The number of amides is 1. The van der Waals surface area contributed by atoms with Crippen LogP contribution in [0.3, 0.4) is 0 Å². The summed E-state index contributed by atoms with van der Waals surface area (Å²) < 4.78 is 0. The van der Waals surface area contributed by atoms with Crippen LogP contribution in [0.25, 0.3) is 0 Å². The van der Waals surface area contributed by atoms with Crippen LogP contribution in [0, 0.1) is 0 Å². The molecule has 0 unspecified atom stereocenters.